The molecule has 2 rings (SSSR count). The molecule has 0 amide bonds. The third-order valence-corrected chi connectivity index (χ3v) is 3.84. The van der Waals surface area contributed by atoms with Crippen LogP contribution in [0.4, 0.5) is 4.39 Å². The van der Waals surface area contributed by atoms with E-state index < -0.39 is 6.10 Å². The highest BCUT2D eigenvalue weighted by atomic mass is 127. The van der Waals surface area contributed by atoms with E-state index in [2.05, 4.69) is 15.6 Å². The number of hydrogen-bond acceptors (Lipinski definition) is 3. The Morgan fingerprint density at radius 1 is 1.19 bits per heavy atom. The number of guanidine groups is 1. The smallest absolute Gasteiger partial charge is 0.191 e. The Morgan fingerprint density at radius 3 is 2.67 bits per heavy atom. The van der Waals surface area contributed by atoms with Crippen molar-refractivity contribution in [2.75, 3.05) is 26.7 Å². The van der Waals surface area contributed by atoms with Gasteiger partial charge in [0.1, 0.15) is 11.6 Å². The molecule has 0 saturated carbocycles. The molecule has 0 bridgehead atoms. The van der Waals surface area contributed by atoms with Crippen LogP contribution in [0.3, 0.4) is 0 Å². The lowest BCUT2D eigenvalue weighted by atomic mass is 10.1. The number of aliphatic hydroxyl groups excluding tert-OH is 1. The Kier molecular flexibility index (Phi) is 10.7. The van der Waals surface area contributed by atoms with Crippen LogP contribution in [0.25, 0.3) is 0 Å². The molecule has 0 aliphatic heterocycles. The highest BCUT2D eigenvalue weighted by Crippen LogP contribution is 2.19. The van der Waals surface area contributed by atoms with Gasteiger partial charge in [-0.25, -0.2) is 4.39 Å². The number of aliphatic imine (C=N–C) groups is 1. The van der Waals surface area contributed by atoms with Gasteiger partial charge in [0.2, 0.25) is 0 Å². The standard InChI is InChI=1S/C20H26FN3O2.HI/c1-3-22-20(23-11-10-15-6-4-8-17(21)12-15)24-14-19(25)16-7-5-9-18(13-16)26-2;/h4-9,12-13,19,25H,3,10-11,14H2,1-2H3,(H2,22,23,24);1H. The van der Waals surface area contributed by atoms with Crippen molar-refractivity contribution in [2.45, 2.75) is 19.4 Å². The van der Waals surface area contributed by atoms with E-state index in [0.29, 0.717) is 31.2 Å². The number of halogens is 2. The summed E-state index contributed by atoms with van der Waals surface area (Å²) >= 11 is 0. The van der Waals surface area contributed by atoms with Crippen molar-refractivity contribution in [1.29, 1.82) is 0 Å². The molecule has 0 aliphatic carbocycles. The van der Waals surface area contributed by atoms with Gasteiger partial charge < -0.3 is 20.5 Å². The summed E-state index contributed by atoms with van der Waals surface area (Å²) in [5, 5.41) is 16.7. The Hall–Kier alpha value is -1.87. The summed E-state index contributed by atoms with van der Waals surface area (Å²) in [7, 11) is 1.59. The number of benzene rings is 2. The van der Waals surface area contributed by atoms with Crippen molar-refractivity contribution in [2.24, 2.45) is 4.99 Å². The first-order valence-corrected chi connectivity index (χ1v) is 8.71. The van der Waals surface area contributed by atoms with Gasteiger partial charge in [0, 0.05) is 13.1 Å². The molecule has 5 nitrogen and oxygen atoms in total. The van der Waals surface area contributed by atoms with Crippen LogP contribution in [-0.4, -0.2) is 37.8 Å². The molecule has 0 fully saturated rings. The topological polar surface area (TPSA) is 65.9 Å². The van der Waals surface area contributed by atoms with Gasteiger partial charge in [0.15, 0.2) is 5.96 Å². The molecular formula is C20H27FIN3O2. The van der Waals surface area contributed by atoms with E-state index in [9.17, 15) is 9.50 Å². The minimum Gasteiger partial charge on any atom is -0.497 e. The fourth-order valence-electron chi connectivity index (χ4n) is 2.49. The summed E-state index contributed by atoms with van der Waals surface area (Å²) < 4.78 is 18.4. The molecule has 2 aromatic carbocycles. The van der Waals surface area contributed by atoms with Crippen molar-refractivity contribution in [3.05, 3.63) is 65.5 Å². The normalized spacial score (nSPS) is 12.1. The lowest BCUT2D eigenvalue weighted by Crippen LogP contribution is -2.38. The van der Waals surface area contributed by atoms with Crippen LogP contribution in [-0.2, 0) is 6.42 Å². The molecule has 3 N–H and O–H groups in total. The van der Waals surface area contributed by atoms with E-state index in [0.717, 1.165) is 11.1 Å². The third-order valence-electron chi connectivity index (χ3n) is 3.84. The van der Waals surface area contributed by atoms with Crippen LogP contribution in [0.1, 0.15) is 24.2 Å². The SMILES string of the molecule is CCNC(=NCC(O)c1cccc(OC)c1)NCCc1cccc(F)c1.I. The fraction of sp³-hybridized carbons (Fsp3) is 0.350. The van der Waals surface area contributed by atoms with Gasteiger partial charge in [-0.15, -0.1) is 24.0 Å². The van der Waals surface area contributed by atoms with E-state index in [1.165, 1.54) is 12.1 Å². The minimum atomic E-state index is -0.719. The van der Waals surface area contributed by atoms with Gasteiger partial charge in [0.05, 0.1) is 19.8 Å². The van der Waals surface area contributed by atoms with E-state index in [-0.39, 0.29) is 36.3 Å². The van der Waals surface area contributed by atoms with Crippen LogP contribution in [0.15, 0.2) is 53.5 Å². The summed E-state index contributed by atoms with van der Waals surface area (Å²) in [5.41, 5.74) is 1.67. The zero-order chi connectivity index (χ0) is 18.8. The Labute approximate surface area is 177 Å². The van der Waals surface area contributed by atoms with Gasteiger partial charge in [-0.1, -0.05) is 24.3 Å². The third kappa shape index (κ3) is 8.13. The predicted molar refractivity (Wildman–Crippen MR) is 117 cm³/mol. The average Bonchev–Trinajstić information content (AvgIpc) is 2.66. The number of rotatable bonds is 8. The molecule has 1 atom stereocenters. The fourth-order valence-corrected chi connectivity index (χ4v) is 2.49. The molecule has 2 aromatic rings. The molecule has 148 valence electrons. The first kappa shape index (κ1) is 23.2. The van der Waals surface area contributed by atoms with Crippen LogP contribution in [0.5, 0.6) is 5.75 Å². The van der Waals surface area contributed by atoms with Gasteiger partial charge in [-0.3, -0.25) is 4.99 Å². The van der Waals surface area contributed by atoms with Crippen LogP contribution < -0.4 is 15.4 Å². The second kappa shape index (κ2) is 12.5. The average molecular weight is 487 g/mol. The number of aliphatic hydroxyl groups is 1. The van der Waals surface area contributed by atoms with E-state index in [1.54, 1.807) is 19.2 Å². The number of methoxy groups -OCH3 is 1. The highest BCUT2D eigenvalue weighted by Gasteiger charge is 2.08. The Balaban J connectivity index is 0.00000364. The molecular weight excluding hydrogens is 460 g/mol. The largest absolute Gasteiger partial charge is 0.497 e. The van der Waals surface area contributed by atoms with Crippen molar-refractivity contribution in [3.8, 4) is 5.75 Å². The zero-order valence-corrected chi connectivity index (χ0v) is 17.9. The molecule has 0 saturated heterocycles. The molecule has 0 spiro atoms. The number of nitrogens with zero attached hydrogens (tertiary/aromatic N) is 1. The summed E-state index contributed by atoms with van der Waals surface area (Å²) in [5.74, 6) is 1.08. The van der Waals surface area contributed by atoms with Crippen LogP contribution in [0.2, 0.25) is 0 Å². The molecule has 0 aromatic heterocycles. The first-order chi connectivity index (χ1) is 12.6. The lowest BCUT2D eigenvalue weighted by molar-refractivity contribution is 0.186. The summed E-state index contributed by atoms with van der Waals surface area (Å²) in [6, 6.07) is 13.9. The van der Waals surface area contributed by atoms with Crippen molar-refractivity contribution >= 4 is 29.9 Å². The number of nitrogens with one attached hydrogen (secondary N) is 2. The number of hydrogen-bond donors (Lipinski definition) is 3. The van der Waals surface area contributed by atoms with E-state index in [4.69, 9.17) is 4.74 Å². The molecule has 7 heteroatoms. The summed E-state index contributed by atoms with van der Waals surface area (Å²) in [6.45, 7) is 3.52. The zero-order valence-electron chi connectivity index (χ0n) is 15.6. The van der Waals surface area contributed by atoms with Gasteiger partial charge in [-0.05, 0) is 48.7 Å². The second-order valence-corrected chi connectivity index (χ2v) is 5.82. The van der Waals surface area contributed by atoms with Gasteiger partial charge in [0.25, 0.3) is 0 Å². The lowest BCUT2D eigenvalue weighted by Gasteiger charge is -2.14. The van der Waals surface area contributed by atoms with Crippen molar-refractivity contribution in [3.63, 3.8) is 0 Å². The predicted octanol–water partition coefficient (Wildman–Crippen LogP) is 3.28. The maximum atomic E-state index is 13.2. The van der Waals surface area contributed by atoms with Crippen LogP contribution >= 0.6 is 24.0 Å². The first-order valence-electron chi connectivity index (χ1n) is 8.71. The summed E-state index contributed by atoms with van der Waals surface area (Å²) in [4.78, 5) is 4.42. The quantitative estimate of drug-likeness (QED) is 0.304. The summed E-state index contributed by atoms with van der Waals surface area (Å²) in [6.07, 6.45) is -0.0376. The van der Waals surface area contributed by atoms with Crippen LogP contribution in [0, 0.1) is 5.82 Å². The van der Waals surface area contributed by atoms with E-state index >= 15 is 0 Å². The van der Waals surface area contributed by atoms with Gasteiger partial charge >= 0.3 is 0 Å². The van der Waals surface area contributed by atoms with Gasteiger partial charge in [-0.2, -0.15) is 0 Å². The molecule has 0 heterocycles. The Morgan fingerprint density at radius 2 is 1.96 bits per heavy atom. The molecule has 27 heavy (non-hydrogen) atoms. The highest BCUT2D eigenvalue weighted by molar-refractivity contribution is 14.0. The van der Waals surface area contributed by atoms with Crippen molar-refractivity contribution < 1.29 is 14.2 Å². The Bertz CT molecular complexity index is 728. The molecule has 0 aliphatic rings. The maximum Gasteiger partial charge on any atom is 0.191 e. The van der Waals surface area contributed by atoms with E-state index in [1.807, 2.05) is 31.2 Å². The monoisotopic (exact) mass is 487 g/mol. The number of ether oxygens (including phenoxy) is 1. The van der Waals surface area contributed by atoms with Crippen molar-refractivity contribution in [1.82, 2.24) is 10.6 Å². The molecule has 0 radical (unpaired) electrons. The minimum absolute atomic E-state index is 0. The maximum absolute atomic E-state index is 13.2. The molecule has 1 unspecified atom stereocenters. The second-order valence-electron chi connectivity index (χ2n) is 5.82.